The van der Waals surface area contributed by atoms with Gasteiger partial charge in [0.15, 0.2) is 0 Å². The fourth-order valence-corrected chi connectivity index (χ4v) is 5.01. The van der Waals surface area contributed by atoms with Gasteiger partial charge in [0.1, 0.15) is 5.75 Å². The zero-order chi connectivity index (χ0) is 22.5. The van der Waals surface area contributed by atoms with E-state index in [-0.39, 0.29) is 12.1 Å². The van der Waals surface area contributed by atoms with Crippen molar-refractivity contribution < 1.29 is 14.3 Å². The van der Waals surface area contributed by atoms with Crippen molar-refractivity contribution in [3.8, 4) is 11.6 Å². The summed E-state index contributed by atoms with van der Waals surface area (Å²) in [5.74, 6) is 2.00. The van der Waals surface area contributed by atoms with E-state index in [0.717, 1.165) is 55.7 Å². The number of aromatic amines is 1. The average molecular weight is 455 g/mol. The molecule has 7 heteroatoms. The average Bonchev–Trinajstić information content (AvgIpc) is 3.60. The molecule has 0 unspecified atom stereocenters. The van der Waals surface area contributed by atoms with Crippen LogP contribution < -0.4 is 14.8 Å². The highest BCUT2D eigenvalue weighted by Gasteiger charge is 2.24. The molecule has 2 aliphatic heterocycles. The molecule has 3 heterocycles. The first-order valence-electron chi connectivity index (χ1n) is 12.9. The summed E-state index contributed by atoms with van der Waals surface area (Å²) in [7, 11) is 0. The van der Waals surface area contributed by atoms with Crippen LogP contribution in [0.2, 0.25) is 0 Å². The van der Waals surface area contributed by atoms with Gasteiger partial charge < -0.3 is 29.6 Å². The van der Waals surface area contributed by atoms with E-state index >= 15 is 0 Å². The highest BCUT2D eigenvalue weighted by Crippen LogP contribution is 2.33. The lowest BCUT2D eigenvalue weighted by molar-refractivity contribution is 0.157. The van der Waals surface area contributed by atoms with E-state index in [0.29, 0.717) is 11.8 Å². The van der Waals surface area contributed by atoms with Crippen molar-refractivity contribution >= 4 is 17.0 Å². The molecule has 0 radical (unpaired) electrons. The van der Waals surface area contributed by atoms with Crippen LogP contribution in [0.3, 0.4) is 0 Å². The number of hydrogen-bond donors (Lipinski definition) is 2. The van der Waals surface area contributed by atoms with Gasteiger partial charge in [0, 0.05) is 43.7 Å². The number of likely N-dealkylation sites (tertiary alicyclic amines) is 2. The number of ether oxygens (including phenoxy) is 2. The van der Waals surface area contributed by atoms with E-state index in [9.17, 15) is 4.79 Å². The smallest absolute Gasteiger partial charge is 0.414 e. The molecule has 0 bridgehead atoms. The summed E-state index contributed by atoms with van der Waals surface area (Å²) in [6.07, 6.45) is 9.55. The molecule has 1 saturated carbocycles. The number of piperidine rings is 1. The summed E-state index contributed by atoms with van der Waals surface area (Å²) in [5.41, 5.74) is 0.920. The minimum atomic E-state index is -0.384. The lowest BCUT2D eigenvalue weighted by atomic mass is 10.1. The molecule has 2 saturated heterocycles. The number of aromatic nitrogens is 1. The molecule has 7 nitrogen and oxygen atoms in total. The molecule has 33 heavy (non-hydrogen) atoms. The van der Waals surface area contributed by atoms with Crippen LogP contribution in [-0.2, 0) is 0 Å². The summed E-state index contributed by atoms with van der Waals surface area (Å²) in [6.45, 7) is 7.65. The molecule has 1 aromatic carbocycles. The molecule has 1 aliphatic carbocycles. The van der Waals surface area contributed by atoms with Crippen molar-refractivity contribution in [2.24, 2.45) is 5.92 Å². The van der Waals surface area contributed by atoms with Gasteiger partial charge in [0.2, 0.25) is 5.88 Å². The van der Waals surface area contributed by atoms with Crippen molar-refractivity contribution in [1.82, 2.24) is 20.1 Å². The first-order valence-corrected chi connectivity index (χ1v) is 12.9. The number of nitrogens with zero attached hydrogens (tertiary/aromatic N) is 2. The van der Waals surface area contributed by atoms with Crippen LogP contribution in [0.25, 0.3) is 10.9 Å². The predicted octanol–water partition coefficient (Wildman–Crippen LogP) is 4.39. The molecule has 3 aliphatic rings. The number of amides is 1. The van der Waals surface area contributed by atoms with Crippen molar-refractivity contribution in [2.45, 2.75) is 57.4 Å². The van der Waals surface area contributed by atoms with Gasteiger partial charge in [-0.05, 0) is 69.7 Å². The van der Waals surface area contributed by atoms with E-state index < -0.39 is 0 Å². The van der Waals surface area contributed by atoms with Gasteiger partial charge >= 0.3 is 6.09 Å². The largest absolute Gasteiger partial charge is 0.493 e. The van der Waals surface area contributed by atoms with Crippen LogP contribution in [0.15, 0.2) is 24.3 Å². The highest BCUT2D eigenvalue weighted by atomic mass is 16.6. The summed E-state index contributed by atoms with van der Waals surface area (Å²) < 4.78 is 11.6. The predicted molar refractivity (Wildman–Crippen MR) is 130 cm³/mol. The van der Waals surface area contributed by atoms with Gasteiger partial charge in [-0.25, -0.2) is 4.79 Å². The number of nitrogens with one attached hydrogen (secondary N) is 2. The van der Waals surface area contributed by atoms with Gasteiger partial charge in [-0.3, -0.25) is 0 Å². The summed E-state index contributed by atoms with van der Waals surface area (Å²) >= 11 is 0. The molecule has 2 aromatic rings. The lowest BCUT2D eigenvalue weighted by Gasteiger charge is -2.33. The Morgan fingerprint density at radius 3 is 2.42 bits per heavy atom. The maximum absolute atomic E-state index is 12.5. The zero-order valence-electron chi connectivity index (χ0n) is 19.7. The highest BCUT2D eigenvalue weighted by molar-refractivity contribution is 5.88. The zero-order valence-corrected chi connectivity index (χ0v) is 19.7. The monoisotopic (exact) mass is 454 g/mol. The number of hydrogen-bond acceptors (Lipinski definition) is 5. The van der Waals surface area contributed by atoms with Crippen molar-refractivity contribution in [3.05, 3.63) is 24.3 Å². The Hall–Kier alpha value is -2.25. The van der Waals surface area contributed by atoms with Gasteiger partial charge in [0.25, 0.3) is 0 Å². The first kappa shape index (κ1) is 22.5. The first-order chi connectivity index (χ1) is 16.2. The van der Waals surface area contributed by atoms with E-state index in [1.807, 2.05) is 24.3 Å². The van der Waals surface area contributed by atoms with Gasteiger partial charge in [-0.1, -0.05) is 18.9 Å². The van der Waals surface area contributed by atoms with Crippen LogP contribution in [0, 0.1) is 5.92 Å². The molecule has 0 atom stereocenters. The summed E-state index contributed by atoms with van der Waals surface area (Å²) in [4.78, 5) is 20.9. The molecule has 2 N–H and O–H groups in total. The maximum Gasteiger partial charge on any atom is 0.414 e. The lowest BCUT2D eigenvalue weighted by Crippen LogP contribution is -2.47. The van der Waals surface area contributed by atoms with Gasteiger partial charge in [0.05, 0.1) is 12.1 Å². The molecular weight excluding hydrogens is 416 g/mol. The number of fused-ring (bicyclic) bond motifs is 1. The number of carbonyl (C=O) groups excluding carboxylic acids is 1. The standard InChI is InChI=1S/C26H38N4O3/c31-26(27-21-10-14-30(15-11-21)17-16-29-12-3-1-2-4-13-29)33-25-18-22-23(28-25)6-5-7-24(22)32-19-20-8-9-20/h5-7,18,20-21,28H,1-4,8-17,19H2,(H,27,31). The molecule has 1 aromatic heterocycles. The Morgan fingerprint density at radius 2 is 1.70 bits per heavy atom. The third kappa shape index (κ3) is 6.42. The Morgan fingerprint density at radius 1 is 0.970 bits per heavy atom. The van der Waals surface area contributed by atoms with Crippen LogP contribution >= 0.6 is 0 Å². The Kier molecular flexibility index (Phi) is 7.37. The van der Waals surface area contributed by atoms with Crippen molar-refractivity contribution in [1.29, 1.82) is 0 Å². The second-order valence-corrected chi connectivity index (χ2v) is 10.0. The number of H-pyrrole nitrogens is 1. The quantitative estimate of drug-likeness (QED) is 0.619. The SMILES string of the molecule is O=C(NC1CCN(CCN2CCCCCC2)CC1)Oc1cc2c(OCC3CC3)cccc2[nH]1. The van der Waals surface area contributed by atoms with E-state index in [1.165, 1.54) is 58.2 Å². The summed E-state index contributed by atoms with van der Waals surface area (Å²) in [6, 6.07) is 7.96. The fourth-order valence-electron chi connectivity index (χ4n) is 5.01. The number of carbonyl (C=O) groups is 1. The molecule has 5 rings (SSSR count). The number of rotatable bonds is 8. The van der Waals surface area contributed by atoms with E-state index in [2.05, 4.69) is 20.1 Å². The minimum absolute atomic E-state index is 0.175. The van der Waals surface area contributed by atoms with Crippen LogP contribution in [-0.4, -0.2) is 72.8 Å². The second kappa shape index (κ2) is 10.8. The molecule has 0 spiro atoms. The molecule has 3 fully saturated rings. The third-order valence-corrected chi connectivity index (χ3v) is 7.31. The van der Waals surface area contributed by atoms with Crippen LogP contribution in [0.4, 0.5) is 4.79 Å². The van der Waals surface area contributed by atoms with Gasteiger partial charge in [-0.15, -0.1) is 0 Å². The molecular formula is C26H38N4O3. The Balaban J connectivity index is 1.05. The third-order valence-electron chi connectivity index (χ3n) is 7.31. The van der Waals surface area contributed by atoms with E-state index in [1.54, 1.807) is 0 Å². The van der Waals surface area contributed by atoms with Crippen molar-refractivity contribution in [2.75, 3.05) is 45.9 Å². The maximum atomic E-state index is 12.5. The molecule has 1 amide bonds. The van der Waals surface area contributed by atoms with Crippen molar-refractivity contribution in [3.63, 3.8) is 0 Å². The normalized spacial score (nSPS) is 21.1. The second-order valence-electron chi connectivity index (χ2n) is 10.0. The van der Waals surface area contributed by atoms with Crippen LogP contribution in [0.5, 0.6) is 11.6 Å². The van der Waals surface area contributed by atoms with E-state index in [4.69, 9.17) is 9.47 Å². The Labute approximate surface area is 196 Å². The topological polar surface area (TPSA) is 69.8 Å². The Bertz CT molecular complexity index is 909. The van der Waals surface area contributed by atoms with Crippen LogP contribution in [0.1, 0.15) is 51.4 Å². The minimum Gasteiger partial charge on any atom is -0.493 e. The fraction of sp³-hybridized carbons (Fsp3) is 0.654. The summed E-state index contributed by atoms with van der Waals surface area (Å²) in [5, 5.41) is 4.02. The van der Waals surface area contributed by atoms with Gasteiger partial charge in [-0.2, -0.15) is 0 Å². The number of benzene rings is 1. The molecule has 180 valence electrons.